The summed E-state index contributed by atoms with van der Waals surface area (Å²) >= 11 is 0. The summed E-state index contributed by atoms with van der Waals surface area (Å²) < 4.78 is 1.63. The van der Waals surface area contributed by atoms with Crippen LogP contribution in [0.15, 0.2) is 48.8 Å². The topological polar surface area (TPSA) is 66.8 Å². The second-order valence-corrected chi connectivity index (χ2v) is 5.79. The molecule has 0 bridgehead atoms. The molecule has 0 atom stereocenters. The van der Waals surface area contributed by atoms with Gasteiger partial charge in [0.1, 0.15) is 11.5 Å². The van der Waals surface area contributed by atoms with Crippen LogP contribution in [-0.4, -0.2) is 37.1 Å². The standard InChI is InChI=1S/C18H21N5O/c1-14-12-16(22(2)21-14)18(24)23(13-17-19-9-10-20-17)11-8-15-6-4-3-5-7-15/h3-7,9-10,12H,8,11,13H2,1-2H3,(H,19,20). The predicted octanol–water partition coefficient (Wildman–Crippen LogP) is 2.34. The Morgan fingerprint density at radius 3 is 2.71 bits per heavy atom. The first-order chi connectivity index (χ1) is 11.6. The van der Waals surface area contributed by atoms with Crippen molar-refractivity contribution >= 4 is 5.91 Å². The van der Waals surface area contributed by atoms with Crippen LogP contribution in [-0.2, 0) is 20.0 Å². The van der Waals surface area contributed by atoms with Crippen LogP contribution >= 0.6 is 0 Å². The molecular formula is C18H21N5O. The molecule has 0 aliphatic rings. The van der Waals surface area contributed by atoms with E-state index in [-0.39, 0.29) is 5.91 Å². The molecule has 0 fully saturated rings. The first-order valence-corrected chi connectivity index (χ1v) is 7.95. The molecule has 2 heterocycles. The number of hydrogen-bond acceptors (Lipinski definition) is 3. The fraction of sp³-hybridized carbons (Fsp3) is 0.278. The van der Waals surface area contributed by atoms with Gasteiger partial charge in [0.05, 0.1) is 12.2 Å². The molecule has 0 aliphatic carbocycles. The number of aryl methyl sites for hydroxylation is 2. The van der Waals surface area contributed by atoms with Gasteiger partial charge in [0, 0.05) is 26.0 Å². The molecule has 2 aromatic heterocycles. The van der Waals surface area contributed by atoms with Crippen molar-refractivity contribution in [3.63, 3.8) is 0 Å². The van der Waals surface area contributed by atoms with E-state index in [1.54, 1.807) is 24.1 Å². The average Bonchev–Trinajstić information content (AvgIpc) is 3.21. The second kappa shape index (κ2) is 7.12. The van der Waals surface area contributed by atoms with Crippen molar-refractivity contribution in [1.82, 2.24) is 24.6 Å². The maximum atomic E-state index is 12.9. The lowest BCUT2D eigenvalue weighted by Crippen LogP contribution is -2.34. The molecule has 124 valence electrons. The zero-order chi connectivity index (χ0) is 16.9. The number of H-pyrrole nitrogens is 1. The molecule has 24 heavy (non-hydrogen) atoms. The number of carbonyl (C=O) groups excluding carboxylic acids is 1. The molecule has 3 rings (SSSR count). The highest BCUT2D eigenvalue weighted by atomic mass is 16.2. The number of hydrogen-bond donors (Lipinski definition) is 1. The van der Waals surface area contributed by atoms with Crippen LogP contribution in [0.5, 0.6) is 0 Å². The number of amides is 1. The van der Waals surface area contributed by atoms with Crippen LogP contribution < -0.4 is 0 Å². The Morgan fingerprint density at radius 2 is 2.08 bits per heavy atom. The summed E-state index contributed by atoms with van der Waals surface area (Å²) in [6.45, 7) is 2.95. The minimum Gasteiger partial charge on any atom is -0.347 e. The van der Waals surface area contributed by atoms with Crippen molar-refractivity contribution in [1.29, 1.82) is 0 Å². The third-order valence-electron chi connectivity index (χ3n) is 3.92. The largest absolute Gasteiger partial charge is 0.347 e. The van der Waals surface area contributed by atoms with Gasteiger partial charge in [-0.25, -0.2) is 4.98 Å². The molecule has 6 heteroatoms. The molecule has 1 N–H and O–H groups in total. The van der Waals surface area contributed by atoms with Crippen molar-refractivity contribution in [2.45, 2.75) is 19.9 Å². The van der Waals surface area contributed by atoms with Crippen molar-refractivity contribution < 1.29 is 4.79 Å². The van der Waals surface area contributed by atoms with Crippen molar-refractivity contribution in [2.75, 3.05) is 6.54 Å². The minimum atomic E-state index is -0.0366. The molecule has 0 aliphatic heterocycles. The van der Waals surface area contributed by atoms with E-state index in [9.17, 15) is 4.79 Å². The Hall–Kier alpha value is -2.89. The highest BCUT2D eigenvalue weighted by Crippen LogP contribution is 2.11. The Morgan fingerprint density at radius 1 is 1.29 bits per heavy atom. The van der Waals surface area contributed by atoms with Crippen LogP contribution in [0.1, 0.15) is 27.6 Å². The van der Waals surface area contributed by atoms with Gasteiger partial charge in [0.2, 0.25) is 0 Å². The number of carbonyl (C=O) groups is 1. The van der Waals surface area contributed by atoms with Gasteiger partial charge < -0.3 is 9.88 Å². The number of nitrogens with zero attached hydrogens (tertiary/aromatic N) is 4. The molecule has 1 aromatic carbocycles. The highest BCUT2D eigenvalue weighted by Gasteiger charge is 2.20. The van der Waals surface area contributed by atoms with Crippen molar-refractivity contribution in [3.8, 4) is 0 Å². The van der Waals surface area contributed by atoms with Gasteiger partial charge in [-0.15, -0.1) is 0 Å². The van der Waals surface area contributed by atoms with Gasteiger partial charge in [-0.1, -0.05) is 30.3 Å². The zero-order valence-electron chi connectivity index (χ0n) is 13.9. The van der Waals surface area contributed by atoms with E-state index in [4.69, 9.17) is 0 Å². The van der Waals surface area contributed by atoms with Crippen LogP contribution in [0.25, 0.3) is 0 Å². The van der Waals surface area contributed by atoms with Gasteiger partial charge >= 0.3 is 0 Å². The maximum absolute atomic E-state index is 12.9. The number of rotatable bonds is 6. The van der Waals surface area contributed by atoms with Gasteiger partial charge in [-0.2, -0.15) is 5.10 Å². The van der Waals surface area contributed by atoms with E-state index in [0.29, 0.717) is 18.8 Å². The van der Waals surface area contributed by atoms with Crippen LogP contribution in [0.4, 0.5) is 0 Å². The molecule has 3 aromatic rings. The highest BCUT2D eigenvalue weighted by molar-refractivity contribution is 5.92. The molecule has 1 amide bonds. The lowest BCUT2D eigenvalue weighted by molar-refractivity contribution is 0.0730. The molecule has 0 unspecified atom stereocenters. The average molecular weight is 323 g/mol. The number of aromatic amines is 1. The Bertz CT molecular complexity index is 792. The first-order valence-electron chi connectivity index (χ1n) is 7.95. The monoisotopic (exact) mass is 323 g/mol. The molecule has 0 saturated heterocycles. The lowest BCUT2D eigenvalue weighted by atomic mass is 10.1. The van der Waals surface area contributed by atoms with Crippen molar-refractivity contribution in [2.24, 2.45) is 7.05 Å². The summed E-state index contributed by atoms with van der Waals surface area (Å²) in [5.74, 6) is 0.737. The third-order valence-corrected chi connectivity index (χ3v) is 3.92. The van der Waals surface area contributed by atoms with E-state index in [2.05, 4.69) is 27.2 Å². The van der Waals surface area contributed by atoms with Gasteiger partial charge in [0.25, 0.3) is 5.91 Å². The summed E-state index contributed by atoms with van der Waals surface area (Å²) in [4.78, 5) is 22.1. The van der Waals surface area contributed by atoms with Crippen molar-refractivity contribution in [3.05, 3.63) is 71.6 Å². The first kappa shape index (κ1) is 16.0. The number of benzene rings is 1. The quantitative estimate of drug-likeness (QED) is 0.757. The van der Waals surface area contributed by atoms with Crippen LogP contribution in [0.2, 0.25) is 0 Å². The van der Waals surface area contributed by atoms with E-state index < -0.39 is 0 Å². The number of imidazole rings is 1. The molecule has 0 spiro atoms. The maximum Gasteiger partial charge on any atom is 0.272 e. The fourth-order valence-corrected chi connectivity index (χ4v) is 2.70. The molecule has 0 saturated carbocycles. The molecule has 6 nitrogen and oxygen atoms in total. The predicted molar refractivity (Wildman–Crippen MR) is 91.4 cm³/mol. The van der Waals surface area contributed by atoms with E-state index in [1.165, 1.54) is 5.56 Å². The summed E-state index contributed by atoms with van der Waals surface area (Å²) in [5, 5.41) is 4.28. The van der Waals surface area contributed by atoms with E-state index in [1.807, 2.05) is 36.1 Å². The SMILES string of the molecule is Cc1cc(C(=O)N(CCc2ccccc2)Cc2ncc[nH]2)n(C)n1. The Labute approximate surface area is 141 Å². The summed E-state index contributed by atoms with van der Waals surface area (Å²) in [6, 6.07) is 12.0. The summed E-state index contributed by atoms with van der Waals surface area (Å²) in [5.41, 5.74) is 2.63. The van der Waals surface area contributed by atoms with Gasteiger partial charge in [-0.3, -0.25) is 9.48 Å². The zero-order valence-corrected chi connectivity index (χ0v) is 13.9. The number of aromatic nitrogens is 4. The molecule has 0 radical (unpaired) electrons. The van der Waals surface area contributed by atoms with Crippen LogP contribution in [0.3, 0.4) is 0 Å². The van der Waals surface area contributed by atoms with E-state index in [0.717, 1.165) is 17.9 Å². The summed E-state index contributed by atoms with van der Waals surface area (Å²) in [6.07, 6.45) is 4.26. The Balaban J connectivity index is 1.78. The summed E-state index contributed by atoms with van der Waals surface area (Å²) in [7, 11) is 1.79. The number of nitrogens with one attached hydrogen (secondary N) is 1. The van der Waals surface area contributed by atoms with Gasteiger partial charge in [0.15, 0.2) is 0 Å². The minimum absolute atomic E-state index is 0.0366. The van der Waals surface area contributed by atoms with E-state index >= 15 is 0 Å². The fourth-order valence-electron chi connectivity index (χ4n) is 2.70. The van der Waals surface area contributed by atoms with Gasteiger partial charge in [-0.05, 0) is 25.0 Å². The molecular weight excluding hydrogens is 302 g/mol. The smallest absolute Gasteiger partial charge is 0.272 e. The second-order valence-electron chi connectivity index (χ2n) is 5.79. The third kappa shape index (κ3) is 3.71. The lowest BCUT2D eigenvalue weighted by Gasteiger charge is -2.21. The van der Waals surface area contributed by atoms with Crippen LogP contribution in [0, 0.1) is 6.92 Å². The Kier molecular flexibility index (Phi) is 4.74. The normalized spacial score (nSPS) is 10.8.